The molecule has 10 heteroatoms. The fraction of sp³-hybridized carbons (Fsp3) is 0.259. The minimum atomic E-state index is -3.86. The maximum atomic E-state index is 12.4. The fourth-order valence-corrected chi connectivity index (χ4v) is 5.54. The highest BCUT2D eigenvalue weighted by Crippen LogP contribution is 2.23. The van der Waals surface area contributed by atoms with Gasteiger partial charge in [0, 0.05) is 78.8 Å². The Morgan fingerprint density at radius 1 is 1.08 bits per heavy atom. The van der Waals surface area contributed by atoms with Gasteiger partial charge in [-0.1, -0.05) is 11.8 Å². The third kappa shape index (κ3) is 6.01. The number of aliphatic carboxylic acids is 1. The van der Waals surface area contributed by atoms with E-state index in [4.69, 9.17) is 10.4 Å². The maximum absolute atomic E-state index is 12.4. The van der Waals surface area contributed by atoms with Crippen LogP contribution in [0.1, 0.15) is 23.6 Å². The Labute approximate surface area is 216 Å². The number of nitrogens with one attached hydrogen (secondary N) is 1. The Kier molecular flexibility index (Phi) is 7.65. The second-order valence-electron chi connectivity index (χ2n) is 8.76. The van der Waals surface area contributed by atoms with Crippen LogP contribution in [-0.4, -0.2) is 60.6 Å². The van der Waals surface area contributed by atoms with Gasteiger partial charge in [0.1, 0.15) is 6.04 Å². The summed E-state index contributed by atoms with van der Waals surface area (Å²) >= 11 is 0. The number of piperazine rings is 1. The number of allylic oxidation sites excluding steroid dienone is 1. The number of hydrogen-bond donors (Lipinski definition) is 2. The van der Waals surface area contributed by atoms with Crippen LogP contribution in [-0.2, 0) is 22.1 Å². The van der Waals surface area contributed by atoms with E-state index in [0.717, 1.165) is 33.3 Å². The monoisotopic (exact) mass is 517 g/mol. The van der Waals surface area contributed by atoms with Crippen LogP contribution in [0.3, 0.4) is 0 Å². The standard InChI is InChI=1S/C27H27N5O4S/c1-20(27(33)34)29-37(35,36)32-16-14-31(15-17-32)24-10-7-21(8-11-24)5-6-22-9-12-26-25(18-22)23(4-3-13-28)19-30(26)2/h3-4,7-12,18-20,29H,14-17H2,1-2H3,(H,33,34)/b4-3+/t20-/m1/s1. The van der Waals surface area contributed by atoms with Crippen molar-refractivity contribution in [2.45, 2.75) is 13.0 Å². The van der Waals surface area contributed by atoms with Crippen LogP contribution in [0.5, 0.6) is 0 Å². The first-order chi connectivity index (χ1) is 17.7. The number of aromatic nitrogens is 1. The summed E-state index contributed by atoms with van der Waals surface area (Å²) in [6, 6.07) is 14.6. The molecule has 0 saturated carbocycles. The molecule has 1 fully saturated rings. The summed E-state index contributed by atoms with van der Waals surface area (Å²) in [7, 11) is -1.89. The van der Waals surface area contributed by atoms with Gasteiger partial charge in [0.2, 0.25) is 0 Å². The lowest BCUT2D eigenvalue weighted by atomic mass is 10.1. The van der Waals surface area contributed by atoms with Crippen LogP contribution in [0.4, 0.5) is 5.69 Å². The van der Waals surface area contributed by atoms with E-state index < -0.39 is 22.2 Å². The van der Waals surface area contributed by atoms with Crippen LogP contribution in [0.2, 0.25) is 0 Å². The van der Waals surface area contributed by atoms with Gasteiger partial charge in [-0.15, -0.1) is 0 Å². The fourth-order valence-electron chi connectivity index (χ4n) is 4.20. The van der Waals surface area contributed by atoms with Crippen molar-refractivity contribution in [3.8, 4) is 17.9 Å². The molecule has 2 heterocycles. The van der Waals surface area contributed by atoms with E-state index in [1.54, 1.807) is 6.08 Å². The first-order valence-electron chi connectivity index (χ1n) is 11.7. The lowest BCUT2D eigenvalue weighted by Crippen LogP contribution is -2.54. The van der Waals surface area contributed by atoms with Crippen LogP contribution in [0.15, 0.2) is 54.7 Å². The molecule has 0 radical (unpaired) electrons. The third-order valence-corrected chi connectivity index (χ3v) is 7.91. The number of carbonyl (C=O) groups is 1. The summed E-state index contributed by atoms with van der Waals surface area (Å²) < 4.78 is 30.3. The number of carboxylic acids is 1. The molecule has 2 N–H and O–H groups in total. The molecule has 0 unspecified atom stereocenters. The van der Waals surface area contributed by atoms with Crippen molar-refractivity contribution in [1.82, 2.24) is 13.6 Å². The van der Waals surface area contributed by atoms with E-state index in [1.807, 2.05) is 66.3 Å². The van der Waals surface area contributed by atoms with E-state index in [0.29, 0.717) is 13.1 Å². The normalized spacial score (nSPS) is 15.3. The lowest BCUT2D eigenvalue weighted by Gasteiger charge is -2.35. The molecule has 2 aromatic carbocycles. The first kappa shape index (κ1) is 26.0. The molecule has 0 amide bonds. The summed E-state index contributed by atoms with van der Waals surface area (Å²) in [5, 5.41) is 18.8. The SMILES string of the molecule is C[C@@H](NS(=O)(=O)N1CCN(c2ccc(C#Cc3ccc4c(c3)c(/C=C/C#N)cn4C)cc2)CC1)C(=O)O. The van der Waals surface area contributed by atoms with Crippen molar-refractivity contribution in [3.05, 3.63) is 71.4 Å². The smallest absolute Gasteiger partial charge is 0.321 e. The lowest BCUT2D eigenvalue weighted by molar-refractivity contribution is -0.138. The van der Waals surface area contributed by atoms with Crippen LogP contribution < -0.4 is 9.62 Å². The van der Waals surface area contributed by atoms with E-state index in [1.165, 1.54) is 17.3 Å². The van der Waals surface area contributed by atoms with Gasteiger partial charge in [-0.3, -0.25) is 4.79 Å². The van der Waals surface area contributed by atoms with Gasteiger partial charge in [0.25, 0.3) is 10.2 Å². The number of nitriles is 1. The van der Waals surface area contributed by atoms with Crippen molar-refractivity contribution < 1.29 is 18.3 Å². The number of rotatable bonds is 6. The number of fused-ring (bicyclic) bond motifs is 1. The molecule has 37 heavy (non-hydrogen) atoms. The number of benzene rings is 2. The first-order valence-corrected chi connectivity index (χ1v) is 13.1. The van der Waals surface area contributed by atoms with Crippen molar-refractivity contribution in [1.29, 1.82) is 5.26 Å². The minimum absolute atomic E-state index is 0.261. The van der Waals surface area contributed by atoms with E-state index >= 15 is 0 Å². The molecular weight excluding hydrogens is 490 g/mol. The molecule has 1 atom stereocenters. The average molecular weight is 518 g/mol. The zero-order chi connectivity index (χ0) is 26.6. The van der Waals surface area contributed by atoms with Crippen molar-refractivity contribution in [2.24, 2.45) is 7.05 Å². The summed E-state index contributed by atoms with van der Waals surface area (Å²) in [4.78, 5) is 13.1. The van der Waals surface area contributed by atoms with Crippen molar-refractivity contribution >= 4 is 38.8 Å². The zero-order valence-corrected chi connectivity index (χ0v) is 21.4. The molecule has 0 bridgehead atoms. The summed E-state index contributed by atoms with van der Waals surface area (Å²) in [6.07, 6.45) is 5.24. The van der Waals surface area contributed by atoms with Gasteiger partial charge in [0.15, 0.2) is 0 Å². The number of hydrogen-bond acceptors (Lipinski definition) is 5. The predicted octanol–water partition coefficient (Wildman–Crippen LogP) is 2.54. The third-order valence-electron chi connectivity index (χ3n) is 6.22. The van der Waals surface area contributed by atoms with Crippen LogP contribution in [0, 0.1) is 23.2 Å². The van der Waals surface area contributed by atoms with Gasteiger partial charge in [-0.05, 0) is 55.5 Å². The second-order valence-corrected chi connectivity index (χ2v) is 10.5. The van der Waals surface area contributed by atoms with Gasteiger partial charge in [-0.2, -0.15) is 22.7 Å². The predicted molar refractivity (Wildman–Crippen MR) is 143 cm³/mol. The number of aryl methyl sites for hydroxylation is 1. The van der Waals surface area contributed by atoms with E-state index in [2.05, 4.69) is 21.5 Å². The molecule has 3 aromatic rings. The van der Waals surface area contributed by atoms with Crippen LogP contribution in [0.25, 0.3) is 17.0 Å². The summed E-state index contributed by atoms with van der Waals surface area (Å²) in [6.45, 7) is 2.81. The minimum Gasteiger partial charge on any atom is -0.480 e. The van der Waals surface area contributed by atoms with E-state index in [-0.39, 0.29) is 13.1 Å². The molecule has 0 aliphatic carbocycles. The van der Waals surface area contributed by atoms with Crippen LogP contribution >= 0.6 is 0 Å². The van der Waals surface area contributed by atoms with Gasteiger partial charge in [-0.25, -0.2) is 0 Å². The van der Waals surface area contributed by atoms with Gasteiger partial charge < -0.3 is 14.6 Å². The largest absolute Gasteiger partial charge is 0.480 e. The number of carboxylic acid groups (broad SMARTS) is 1. The molecule has 0 spiro atoms. The summed E-state index contributed by atoms with van der Waals surface area (Å²) in [5.74, 6) is 5.18. The average Bonchev–Trinajstić information content (AvgIpc) is 3.21. The Hall–Kier alpha value is -4.09. The molecule has 1 aliphatic heterocycles. The second kappa shape index (κ2) is 10.9. The molecule has 1 saturated heterocycles. The van der Waals surface area contributed by atoms with Gasteiger partial charge in [0.05, 0.1) is 6.07 Å². The Bertz CT molecular complexity index is 1550. The van der Waals surface area contributed by atoms with Crippen molar-refractivity contribution in [3.63, 3.8) is 0 Å². The Morgan fingerprint density at radius 2 is 1.73 bits per heavy atom. The topological polar surface area (TPSA) is 119 Å². The number of anilines is 1. The summed E-state index contributed by atoms with van der Waals surface area (Å²) in [5.41, 5.74) is 4.72. The quantitative estimate of drug-likeness (QED) is 0.383. The highest BCUT2D eigenvalue weighted by Gasteiger charge is 2.29. The van der Waals surface area contributed by atoms with Crippen molar-refractivity contribution in [2.75, 3.05) is 31.1 Å². The molecule has 1 aromatic heterocycles. The molecule has 9 nitrogen and oxygen atoms in total. The number of nitrogens with zero attached hydrogens (tertiary/aromatic N) is 4. The zero-order valence-electron chi connectivity index (χ0n) is 20.5. The maximum Gasteiger partial charge on any atom is 0.321 e. The van der Waals surface area contributed by atoms with Gasteiger partial charge >= 0.3 is 5.97 Å². The Morgan fingerprint density at radius 3 is 2.38 bits per heavy atom. The highest BCUT2D eigenvalue weighted by atomic mass is 32.2. The molecule has 190 valence electrons. The molecule has 1 aliphatic rings. The van der Waals surface area contributed by atoms with E-state index in [9.17, 15) is 13.2 Å². The Balaban J connectivity index is 1.41. The molecular formula is C27H27N5O4S. The highest BCUT2D eigenvalue weighted by molar-refractivity contribution is 7.87. The molecule has 4 rings (SSSR count).